The zero-order valence-corrected chi connectivity index (χ0v) is 19.0. The lowest BCUT2D eigenvalue weighted by atomic mass is 9.69. The fourth-order valence-electron chi connectivity index (χ4n) is 4.53. The lowest BCUT2D eigenvalue weighted by molar-refractivity contribution is -0.0442. The second-order valence-electron chi connectivity index (χ2n) is 8.17. The van der Waals surface area contributed by atoms with Crippen LogP contribution in [0.2, 0.25) is 5.02 Å². The van der Waals surface area contributed by atoms with Crippen LogP contribution in [0.25, 0.3) is 0 Å². The second kappa shape index (κ2) is 11.2. The molecule has 6 heteroatoms. The Morgan fingerprint density at radius 1 is 1.15 bits per heavy atom. The summed E-state index contributed by atoms with van der Waals surface area (Å²) in [7, 11) is 2.19. The van der Waals surface area contributed by atoms with Crippen LogP contribution in [0.15, 0.2) is 24.3 Å². The maximum absolute atomic E-state index is 11.6. The van der Waals surface area contributed by atoms with Gasteiger partial charge in [-0.2, -0.15) is 0 Å². The summed E-state index contributed by atoms with van der Waals surface area (Å²) in [5, 5.41) is 12.4. The lowest BCUT2D eigenvalue weighted by Crippen LogP contribution is -2.50. The van der Waals surface area contributed by atoms with Crippen molar-refractivity contribution < 1.29 is 5.11 Å². The van der Waals surface area contributed by atoms with E-state index < -0.39 is 5.60 Å². The summed E-state index contributed by atoms with van der Waals surface area (Å²) in [5.74, 6) is 0.927. The highest BCUT2D eigenvalue weighted by Gasteiger charge is 2.41. The van der Waals surface area contributed by atoms with Crippen molar-refractivity contribution in [2.24, 2.45) is 5.92 Å². The van der Waals surface area contributed by atoms with Crippen LogP contribution in [0.1, 0.15) is 50.5 Å². The minimum absolute atomic E-state index is 0. The minimum atomic E-state index is -0.598. The number of piperazine rings is 1. The monoisotopic (exact) mass is 436 g/mol. The molecule has 1 aromatic rings. The van der Waals surface area contributed by atoms with Gasteiger partial charge in [0.15, 0.2) is 0 Å². The van der Waals surface area contributed by atoms with Crippen molar-refractivity contribution in [3.05, 3.63) is 34.9 Å². The molecule has 0 spiro atoms. The Kier molecular flexibility index (Phi) is 10.4. The van der Waals surface area contributed by atoms with Gasteiger partial charge in [0.2, 0.25) is 0 Å². The third-order valence-electron chi connectivity index (χ3n) is 6.48. The molecule has 3 nitrogen and oxygen atoms in total. The third-order valence-corrected chi connectivity index (χ3v) is 6.72. The first-order valence-electron chi connectivity index (χ1n) is 9.89. The van der Waals surface area contributed by atoms with Crippen molar-refractivity contribution in [2.45, 2.75) is 50.5 Å². The molecule has 2 fully saturated rings. The number of likely N-dealkylation sites (N-methyl/N-ethyl adjacent to an activating group) is 1. The number of benzene rings is 1. The maximum Gasteiger partial charge on any atom is 0.0728 e. The number of hydrogen-bond acceptors (Lipinski definition) is 3. The van der Waals surface area contributed by atoms with E-state index >= 15 is 0 Å². The van der Waals surface area contributed by atoms with Gasteiger partial charge in [-0.3, -0.25) is 0 Å². The quantitative estimate of drug-likeness (QED) is 0.713. The first kappa shape index (κ1) is 25.0. The standard InChI is InChI=1S/C21H33ClN2O.2ClH/c1-3-17-7-9-21(25,10-8-17)20(18-5-4-6-19(22)15-18)16-24-13-11-23(2)12-14-24;;/h4-6,15,17,20,25H,3,7-14,16H2,1-2H3;2*1H. The van der Waals surface area contributed by atoms with Crippen molar-refractivity contribution in [1.82, 2.24) is 9.80 Å². The lowest BCUT2D eigenvalue weighted by Gasteiger charge is -2.44. The predicted octanol–water partition coefficient (Wildman–Crippen LogP) is 4.85. The molecule has 1 aliphatic carbocycles. The molecule has 1 atom stereocenters. The van der Waals surface area contributed by atoms with Crippen LogP contribution in [0.3, 0.4) is 0 Å². The summed E-state index contributed by atoms with van der Waals surface area (Å²) >= 11 is 6.28. The van der Waals surface area contributed by atoms with Crippen molar-refractivity contribution in [1.29, 1.82) is 0 Å². The molecule has 0 aromatic heterocycles. The molecule has 1 heterocycles. The SMILES string of the molecule is CCC1CCC(O)(C(CN2CCN(C)CC2)c2cccc(Cl)c2)CC1.Cl.Cl. The van der Waals surface area contributed by atoms with Gasteiger partial charge >= 0.3 is 0 Å². The highest BCUT2D eigenvalue weighted by atomic mass is 35.5. The van der Waals surface area contributed by atoms with E-state index in [1.807, 2.05) is 12.1 Å². The van der Waals surface area contributed by atoms with Gasteiger partial charge in [-0.1, -0.05) is 37.1 Å². The molecular weight excluding hydrogens is 403 g/mol. The minimum Gasteiger partial charge on any atom is -0.389 e. The van der Waals surface area contributed by atoms with Crippen molar-refractivity contribution in [3.63, 3.8) is 0 Å². The summed E-state index contributed by atoms with van der Waals surface area (Å²) in [6.07, 6.45) is 5.35. The zero-order chi connectivity index (χ0) is 17.9. The van der Waals surface area contributed by atoms with Gasteiger partial charge in [-0.15, -0.1) is 24.8 Å². The van der Waals surface area contributed by atoms with Gasteiger partial charge in [-0.25, -0.2) is 0 Å². The van der Waals surface area contributed by atoms with E-state index in [9.17, 15) is 5.11 Å². The predicted molar refractivity (Wildman–Crippen MR) is 120 cm³/mol. The van der Waals surface area contributed by atoms with E-state index in [-0.39, 0.29) is 30.7 Å². The number of aliphatic hydroxyl groups is 1. The van der Waals surface area contributed by atoms with Gasteiger partial charge in [0, 0.05) is 43.7 Å². The van der Waals surface area contributed by atoms with Crippen molar-refractivity contribution >= 4 is 36.4 Å². The zero-order valence-electron chi connectivity index (χ0n) is 16.6. The highest BCUT2D eigenvalue weighted by molar-refractivity contribution is 6.30. The average Bonchev–Trinajstić information content (AvgIpc) is 2.62. The molecule has 1 aromatic carbocycles. The summed E-state index contributed by atoms with van der Waals surface area (Å²) in [5.41, 5.74) is 0.601. The molecule has 0 radical (unpaired) electrons. The molecule has 2 aliphatic rings. The number of halogens is 3. The van der Waals surface area contributed by atoms with Crippen LogP contribution < -0.4 is 0 Å². The Morgan fingerprint density at radius 3 is 2.33 bits per heavy atom. The first-order valence-corrected chi connectivity index (χ1v) is 10.3. The Balaban J connectivity index is 0.00000182. The molecule has 1 aliphatic heterocycles. The summed E-state index contributed by atoms with van der Waals surface area (Å²) in [4.78, 5) is 4.90. The van der Waals surface area contributed by atoms with Crippen molar-refractivity contribution in [3.8, 4) is 0 Å². The van der Waals surface area contributed by atoms with E-state index in [1.54, 1.807) is 0 Å². The molecular formula is C21H35Cl3N2O. The van der Waals surface area contributed by atoms with Gasteiger partial charge in [-0.05, 0) is 56.3 Å². The smallest absolute Gasteiger partial charge is 0.0728 e. The third kappa shape index (κ3) is 6.48. The molecule has 3 rings (SSSR count). The van der Waals surface area contributed by atoms with Crippen LogP contribution in [0.4, 0.5) is 0 Å². The molecule has 1 saturated heterocycles. The molecule has 27 heavy (non-hydrogen) atoms. The summed E-state index contributed by atoms with van der Waals surface area (Å²) < 4.78 is 0. The molecule has 0 bridgehead atoms. The Hall–Kier alpha value is -0.0300. The molecule has 1 N–H and O–H groups in total. The fraction of sp³-hybridized carbons (Fsp3) is 0.714. The number of nitrogens with zero attached hydrogens (tertiary/aromatic N) is 2. The van der Waals surface area contributed by atoms with Crippen LogP contribution in [-0.4, -0.2) is 60.3 Å². The van der Waals surface area contributed by atoms with Crippen molar-refractivity contribution in [2.75, 3.05) is 39.8 Å². The Bertz CT molecular complexity index is 556. The fourth-order valence-corrected chi connectivity index (χ4v) is 4.73. The van der Waals surface area contributed by atoms with Gasteiger partial charge < -0.3 is 14.9 Å². The second-order valence-corrected chi connectivity index (χ2v) is 8.60. The number of hydrogen-bond donors (Lipinski definition) is 1. The first-order chi connectivity index (χ1) is 12.0. The Labute approximate surface area is 182 Å². The van der Waals surface area contributed by atoms with Crippen LogP contribution >= 0.6 is 36.4 Å². The van der Waals surface area contributed by atoms with Gasteiger partial charge in [0.05, 0.1) is 5.60 Å². The van der Waals surface area contributed by atoms with E-state index in [2.05, 4.69) is 35.9 Å². The maximum atomic E-state index is 11.6. The average molecular weight is 438 g/mol. The van der Waals surface area contributed by atoms with Gasteiger partial charge in [0.1, 0.15) is 0 Å². The van der Waals surface area contributed by atoms with E-state index in [0.717, 1.165) is 69.3 Å². The molecule has 156 valence electrons. The van der Waals surface area contributed by atoms with Crippen LogP contribution in [-0.2, 0) is 0 Å². The van der Waals surface area contributed by atoms with E-state index in [0.29, 0.717) is 0 Å². The topological polar surface area (TPSA) is 26.7 Å². The van der Waals surface area contributed by atoms with Crippen LogP contribution in [0.5, 0.6) is 0 Å². The van der Waals surface area contributed by atoms with E-state index in [1.165, 1.54) is 12.0 Å². The van der Waals surface area contributed by atoms with E-state index in [4.69, 9.17) is 11.6 Å². The highest BCUT2D eigenvalue weighted by Crippen LogP contribution is 2.43. The molecule has 1 saturated carbocycles. The largest absolute Gasteiger partial charge is 0.389 e. The van der Waals surface area contributed by atoms with Crippen LogP contribution in [0, 0.1) is 5.92 Å². The normalized spacial score (nSPS) is 28.1. The summed E-state index contributed by atoms with van der Waals surface area (Å²) in [6, 6.07) is 8.16. The Morgan fingerprint density at radius 2 is 1.78 bits per heavy atom. The molecule has 1 unspecified atom stereocenters. The molecule has 0 amide bonds. The van der Waals surface area contributed by atoms with Gasteiger partial charge in [0.25, 0.3) is 0 Å². The summed E-state index contributed by atoms with van der Waals surface area (Å²) in [6.45, 7) is 7.59. The number of rotatable bonds is 5.